The van der Waals surface area contributed by atoms with Crippen LogP contribution in [0, 0.1) is 11.8 Å². The van der Waals surface area contributed by atoms with Crippen LogP contribution in [0.15, 0.2) is 30.3 Å². The number of carbonyl (C=O) groups excluding carboxylic acids is 9. The third-order valence-electron chi connectivity index (χ3n) is 8.53. The van der Waals surface area contributed by atoms with Crippen molar-refractivity contribution >= 4 is 53.4 Å². The fraction of sp³-hybridized carbons (Fsp3) is 0.643. The molecule has 0 saturated carbocycles. The van der Waals surface area contributed by atoms with Crippen LogP contribution >= 0.6 is 0 Å². The summed E-state index contributed by atoms with van der Waals surface area (Å²) in [5.41, 5.74) is -4.46. The van der Waals surface area contributed by atoms with Gasteiger partial charge in [-0.2, -0.15) is 0 Å². The van der Waals surface area contributed by atoms with E-state index in [0.717, 1.165) is 5.56 Å². The summed E-state index contributed by atoms with van der Waals surface area (Å²) in [7, 11) is 0. The highest BCUT2D eigenvalue weighted by atomic mass is 16.6. The summed E-state index contributed by atoms with van der Waals surface area (Å²) in [6.07, 6.45) is -0.430. The average Bonchev–Trinajstić information content (AvgIpc) is 3.12. The van der Waals surface area contributed by atoms with Crippen LogP contribution in [-0.4, -0.2) is 107 Å². The Labute approximate surface area is 359 Å². The summed E-state index contributed by atoms with van der Waals surface area (Å²) in [5, 5.41) is 20.0. The number of esters is 1. The minimum atomic E-state index is -1.57. The molecule has 0 heterocycles. The highest BCUT2D eigenvalue weighted by Crippen LogP contribution is 2.16. The highest BCUT2D eigenvalue weighted by Gasteiger charge is 2.37. The van der Waals surface area contributed by atoms with E-state index < -0.39 is 107 Å². The fourth-order valence-electron chi connectivity index (χ4n) is 5.28. The van der Waals surface area contributed by atoms with E-state index in [0.29, 0.717) is 0 Å². The Kier molecular flexibility index (Phi) is 20.3. The van der Waals surface area contributed by atoms with Gasteiger partial charge < -0.3 is 52.0 Å². The maximum Gasteiger partial charge on any atom is 0.408 e. The third-order valence-corrected chi connectivity index (χ3v) is 8.53. The van der Waals surface area contributed by atoms with E-state index in [9.17, 15) is 43.2 Å². The molecular formula is C42H68N8O11. The number of benzene rings is 1. The highest BCUT2D eigenvalue weighted by molar-refractivity contribution is 5.97. The minimum absolute atomic E-state index is 0.00990. The van der Waals surface area contributed by atoms with Gasteiger partial charge >= 0.3 is 12.1 Å². The fourth-order valence-corrected chi connectivity index (χ4v) is 5.28. The molecule has 1 rings (SSSR count). The molecule has 19 nitrogen and oxygen atoms in total. The molecule has 2 atom stereocenters. The van der Waals surface area contributed by atoms with Crippen molar-refractivity contribution in [1.29, 1.82) is 0 Å². The van der Waals surface area contributed by atoms with E-state index in [4.69, 9.17) is 9.47 Å². The molecular weight excluding hydrogens is 793 g/mol. The molecule has 0 spiro atoms. The Morgan fingerprint density at radius 1 is 0.541 bits per heavy atom. The second-order valence-electron chi connectivity index (χ2n) is 18.2. The number of carbonyl (C=O) groups is 9. The first-order valence-electron chi connectivity index (χ1n) is 20.2. The Hall–Kier alpha value is -5.75. The molecule has 8 amide bonds. The first-order chi connectivity index (χ1) is 27.9. The maximum atomic E-state index is 13.4. The number of hydrogen-bond acceptors (Lipinski definition) is 11. The maximum absolute atomic E-state index is 13.4. The second-order valence-corrected chi connectivity index (χ2v) is 18.2. The number of ether oxygens (including phenoxy) is 2. The Morgan fingerprint density at radius 2 is 0.951 bits per heavy atom. The molecule has 0 aromatic heterocycles. The number of rotatable bonds is 22. The molecule has 0 aliphatic carbocycles. The van der Waals surface area contributed by atoms with E-state index in [1.54, 1.807) is 45.0 Å². The van der Waals surface area contributed by atoms with Crippen LogP contribution in [0.4, 0.5) is 4.79 Å². The normalized spacial score (nSPS) is 12.8. The van der Waals surface area contributed by atoms with Crippen molar-refractivity contribution in [3.05, 3.63) is 35.9 Å². The van der Waals surface area contributed by atoms with Gasteiger partial charge in [-0.15, -0.1) is 0 Å². The summed E-state index contributed by atoms with van der Waals surface area (Å²) < 4.78 is 10.6. The first-order valence-corrected chi connectivity index (χ1v) is 20.2. The quantitative estimate of drug-likeness (QED) is 0.0769. The van der Waals surface area contributed by atoms with E-state index in [1.807, 2.05) is 33.8 Å². The lowest BCUT2D eigenvalue weighted by Gasteiger charge is -2.31. The van der Waals surface area contributed by atoms with Crippen molar-refractivity contribution < 1.29 is 52.6 Å². The standard InChI is InChI=1S/C42H68N8O11/c1-25(2)19-28(47-32(53)23-45-36(57)41(10,11)50-38(59)60-24-27-17-15-14-16-18-27)33(54)48-40(8,9)35(56)44-21-30(51)43-22-31(52)46-29(20-26(3)4)34(55)49-42(12,13)37(58)61-39(5,6)7/h14-18,25-26,28-29H,19-24H2,1-13H3,(H,43,51)(H,44,56)(H,45,57)(H,46,52)(H,47,53)(H,48,54)(H,49,55)(H,50,59)/t28-,29-/m0/s1. The molecule has 0 bridgehead atoms. The van der Waals surface area contributed by atoms with E-state index in [-0.39, 0.29) is 31.3 Å². The molecule has 19 heteroatoms. The number of alkyl carbamates (subject to hydrolysis) is 1. The Morgan fingerprint density at radius 3 is 1.39 bits per heavy atom. The zero-order valence-corrected chi connectivity index (χ0v) is 37.9. The van der Waals surface area contributed by atoms with Crippen LogP contribution in [0.2, 0.25) is 0 Å². The van der Waals surface area contributed by atoms with Gasteiger partial charge in [0, 0.05) is 0 Å². The van der Waals surface area contributed by atoms with Crippen molar-refractivity contribution in [2.75, 3.05) is 19.6 Å². The van der Waals surface area contributed by atoms with Crippen LogP contribution in [0.5, 0.6) is 0 Å². The van der Waals surface area contributed by atoms with Gasteiger partial charge in [-0.05, 0) is 92.6 Å². The van der Waals surface area contributed by atoms with Crippen molar-refractivity contribution in [2.45, 2.75) is 144 Å². The Balaban J connectivity index is 2.71. The van der Waals surface area contributed by atoms with Gasteiger partial charge in [0.1, 0.15) is 40.9 Å². The van der Waals surface area contributed by atoms with Gasteiger partial charge in [-0.25, -0.2) is 9.59 Å². The second kappa shape index (κ2) is 23.3. The van der Waals surface area contributed by atoms with Crippen LogP contribution in [-0.2, 0) is 54.4 Å². The van der Waals surface area contributed by atoms with Crippen LogP contribution in [0.25, 0.3) is 0 Å². The molecule has 0 aliphatic rings. The SMILES string of the molecule is CC(C)C[C@H](NC(=O)CNC(=O)C(C)(C)NC(=O)OCc1ccccc1)C(=O)NC(C)(C)C(=O)NCC(=O)NCC(=O)N[C@@H](CC(C)C)C(=O)NC(C)(C)C(=O)OC(C)(C)C. The first kappa shape index (κ1) is 53.3. The van der Waals surface area contributed by atoms with Crippen LogP contribution < -0.4 is 42.5 Å². The molecule has 0 unspecified atom stereocenters. The molecule has 61 heavy (non-hydrogen) atoms. The van der Waals surface area contributed by atoms with Gasteiger partial charge in [0.25, 0.3) is 0 Å². The predicted molar refractivity (Wildman–Crippen MR) is 226 cm³/mol. The summed E-state index contributed by atoms with van der Waals surface area (Å²) in [5.74, 6) is -5.65. The Bertz CT molecular complexity index is 1720. The number of nitrogens with one attached hydrogen (secondary N) is 8. The van der Waals surface area contributed by atoms with Gasteiger partial charge in [0.15, 0.2) is 0 Å². The topological polar surface area (TPSA) is 268 Å². The van der Waals surface area contributed by atoms with E-state index in [1.165, 1.54) is 41.5 Å². The monoisotopic (exact) mass is 861 g/mol. The lowest BCUT2D eigenvalue weighted by Crippen LogP contribution is -2.61. The lowest BCUT2D eigenvalue weighted by atomic mass is 9.99. The molecule has 1 aromatic carbocycles. The summed E-state index contributed by atoms with van der Waals surface area (Å²) in [6.45, 7) is 19.4. The summed E-state index contributed by atoms with van der Waals surface area (Å²) in [4.78, 5) is 116. The molecule has 0 radical (unpaired) electrons. The summed E-state index contributed by atoms with van der Waals surface area (Å²) in [6, 6.07) is 6.81. The molecule has 0 fully saturated rings. The average molecular weight is 861 g/mol. The van der Waals surface area contributed by atoms with Crippen molar-refractivity contribution in [1.82, 2.24) is 42.5 Å². The van der Waals surface area contributed by atoms with E-state index in [2.05, 4.69) is 42.5 Å². The van der Waals surface area contributed by atoms with Crippen molar-refractivity contribution in [3.8, 4) is 0 Å². The molecule has 0 saturated heterocycles. The largest absolute Gasteiger partial charge is 0.458 e. The van der Waals surface area contributed by atoms with E-state index >= 15 is 0 Å². The smallest absolute Gasteiger partial charge is 0.408 e. The number of amides is 8. The summed E-state index contributed by atoms with van der Waals surface area (Å²) >= 11 is 0. The van der Waals surface area contributed by atoms with Crippen LogP contribution in [0.1, 0.15) is 108 Å². The molecule has 0 aliphatic heterocycles. The number of hydrogen-bond donors (Lipinski definition) is 8. The zero-order chi connectivity index (χ0) is 46.9. The zero-order valence-electron chi connectivity index (χ0n) is 37.9. The van der Waals surface area contributed by atoms with Crippen molar-refractivity contribution in [2.24, 2.45) is 11.8 Å². The van der Waals surface area contributed by atoms with Crippen LogP contribution in [0.3, 0.4) is 0 Å². The molecule has 342 valence electrons. The predicted octanol–water partition coefficient (Wildman–Crippen LogP) is 1.23. The lowest BCUT2D eigenvalue weighted by molar-refractivity contribution is -0.163. The van der Waals surface area contributed by atoms with Gasteiger partial charge in [0.05, 0.1) is 19.6 Å². The molecule has 1 aromatic rings. The van der Waals surface area contributed by atoms with Gasteiger partial charge in [-0.1, -0.05) is 58.0 Å². The van der Waals surface area contributed by atoms with Crippen molar-refractivity contribution in [3.63, 3.8) is 0 Å². The minimum Gasteiger partial charge on any atom is -0.458 e. The van der Waals surface area contributed by atoms with Gasteiger partial charge in [-0.3, -0.25) is 33.6 Å². The van der Waals surface area contributed by atoms with Gasteiger partial charge in [0.2, 0.25) is 41.4 Å². The molecule has 8 N–H and O–H groups in total. The third kappa shape index (κ3) is 20.9.